The Labute approximate surface area is 145 Å². The maximum Gasteiger partial charge on any atom is 0.246 e. The molecule has 0 atom stereocenters. The third-order valence-electron chi connectivity index (χ3n) is 4.02. The molecule has 0 spiro atoms. The smallest absolute Gasteiger partial charge is 0.246 e. The average molecular weight is 337 g/mol. The fourth-order valence-electron chi connectivity index (χ4n) is 2.80. The molecule has 0 saturated heterocycles. The summed E-state index contributed by atoms with van der Waals surface area (Å²) in [6.07, 6.45) is 7.85. The van der Waals surface area contributed by atoms with Crippen molar-refractivity contribution in [1.82, 2.24) is 29.5 Å². The summed E-state index contributed by atoms with van der Waals surface area (Å²) in [4.78, 5) is 8.73. The molecule has 3 heterocycles. The van der Waals surface area contributed by atoms with Crippen molar-refractivity contribution in [2.24, 2.45) is 0 Å². The lowest BCUT2D eigenvalue weighted by atomic mass is 10.2. The van der Waals surface area contributed by atoms with Crippen molar-refractivity contribution in [3.8, 4) is 11.4 Å². The van der Waals surface area contributed by atoms with Gasteiger partial charge in [-0.15, -0.1) is 5.10 Å². The Morgan fingerprint density at radius 3 is 2.92 bits per heavy atom. The number of fused-ring (bicyclic) bond motifs is 1. The second-order valence-corrected chi connectivity index (χ2v) is 5.79. The molecule has 25 heavy (non-hydrogen) atoms. The van der Waals surface area contributed by atoms with Crippen LogP contribution in [0.3, 0.4) is 0 Å². The van der Waals surface area contributed by atoms with Crippen molar-refractivity contribution < 1.29 is 4.74 Å². The number of anilines is 2. The molecule has 1 aliphatic heterocycles. The standard InChI is InChI=1S/C17H19N7O/c1-12-18-11-24(21-12)14-8-7-13(10-15(14)25-2)19-17-20-16-6-4-3-5-9-23(16)22-17/h3,5,7-8,10-11H,4,6,9H2,1-2H3,(H,19,22). The lowest BCUT2D eigenvalue weighted by Crippen LogP contribution is -2.02. The lowest BCUT2D eigenvalue weighted by molar-refractivity contribution is 0.412. The van der Waals surface area contributed by atoms with E-state index in [0.717, 1.165) is 36.6 Å². The van der Waals surface area contributed by atoms with Gasteiger partial charge in [-0.05, 0) is 25.5 Å². The Hall–Kier alpha value is -3.16. The number of rotatable bonds is 4. The molecule has 1 aliphatic rings. The summed E-state index contributed by atoms with van der Waals surface area (Å²) in [5, 5.41) is 12.1. The topological polar surface area (TPSA) is 82.7 Å². The van der Waals surface area contributed by atoms with Crippen molar-refractivity contribution in [2.75, 3.05) is 12.4 Å². The largest absolute Gasteiger partial charge is 0.494 e. The number of aryl methyl sites for hydroxylation is 2. The van der Waals surface area contributed by atoms with Gasteiger partial charge in [-0.3, -0.25) is 0 Å². The van der Waals surface area contributed by atoms with Gasteiger partial charge in [0.25, 0.3) is 0 Å². The second-order valence-electron chi connectivity index (χ2n) is 5.79. The van der Waals surface area contributed by atoms with E-state index in [2.05, 4.69) is 37.6 Å². The lowest BCUT2D eigenvalue weighted by Gasteiger charge is -2.10. The third-order valence-corrected chi connectivity index (χ3v) is 4.02. The van der Waals surface area contributed by atoms with Gasteiger partial charge in [-0.2, -0.15) is 10.1 Å². The zero-order chi connectivity index (χ0) is 17.2. The minimum atomic E-state index is 0.594. The van der Waals surface area contributed by atoms with E-state index in [1.807, 2.05) is 29.8 Å². The van der Waals surface area contributed by atoms with Gasteiger partial charge in [0.15, 0.2) is 0 Å². The molecule has 2 aromatic heterocycles. The summed E-state index contributed by atoms with van der Waals surface area (Å²) in [6, 6.07) is 5.78. The number of allylic oxidation sites excluding steroid dienone is 2. The number of methoxy groups -OCH3 is 1. The van der Waals surface area contributed by atoms with Gasteiger partial charge in [0, 0.05) is 18.2 Å². The van der Waals surface area contributed by atoms with Gasteiger partial charge < -0.3 is 10.1 Å². The van der Waals surface area contributed by atoms with Gasteiger partial charge in [0.2, 0.25) is 5.95 Å². The maximum absolute atomic E-state index is 5.50. The van der Waals surface area contributed by atoms with Crippen molar-refractivity contribution in [2.45, 2.75) is 26.3 Å². The van der Waals surface area contributed by atoms with Crippen molar-refractivity contribution >= 4 is 11.6 Å². The molecule has 1 aromatic carbocycles. The molecule has 0 saturated carbocycles. The van der Waals surface area contributed by atoms with Crippen LogP contribution in [0.15, 0.2) is 36.7 Å². The summed E-state index contributed by atoms with van der Waals surface area (Å²) >= 11 is 0. The van der Waals surface area contributed by atoms with Crippen molar-refractivity contribution in [1.29, 1.82) is 0 Å². The van der Waals surface area contributed by atoms with E-state index in [4.69, 9.17) is 4.74 Å². The highest BCUT2D eigenvalue weighted by molar-refractivity contribution is 5.61. The Balaban J connectivity index is 1.60. The van der Waals surface area contributed by atoms with Crippen LogP contribution in [0.5, 0.6) is 5.75 Å². The predicted octanol–water partition coefficient (Wildman–Crippen LogP) is 2.42. The normalized spacial score (nSPS) is 13.4. The molecular formula is C17H19N7O. The Bertz CT molecular complexity index is 925. The molecule has 8 nitrogen and oxygen atoms in total. The molecule has 8 heteroatoms. The number of hydrogen-bond donors (Lipinski definition) is 1. The molecule has 4 rings (SSSR count). The fraction of sp³-hybridized carbons (Fsp3) is 0.294. The van der Waals surface area contributed by atoms with E-state index < -0.39 is 0 Å². The Kier molecular flexibility index (Phi) is 3.93. The van der Waals surface area contributed by atoms with Crippen LogP contribution in [0.1, 0.15) is 18.1 Å². The molecule has 128 valence electrons. The van der Waals surface area contributed by atoms with Gasteiger partial charge in [0.1, 0.15) is 29.4 Å². The average Bonchev–Trinajstić information content (AvgIpc) is 3.15. The van der Waals surface area contributed by atoms with Crippen LogP contribution in [0.4, 0.5) is 11.6 Å². The van der Waals surface area contributed by atoms with E-state index >= 15 is 0 Å². The van der Waals surface area contributed by atoms with E-state index in [1.54, 1.807) is 18.1 Å². The number of hydrogen-bond acceptors (Lipinski definition) is 6. The van der Waals surface area contributed by atoms with E-state index in [-0.39, 0.29) is 0 Å². The molecule has 0 bridgehead atoms. The molecule has 0 fully saturated rings. The Morgan fingerprint density at radius 2 is 2.12 bits per heavy atom. The van der Waals surface area contributed by atoms with Crippen molar-refractivity contribution in [3.05, 3.63) is 48.3 Å². The summed E-state index contributed by atoms with van der Waals surface area (Å²) in [5.74, 6) is 2.99. The van der Waals surface area contributed by atoms with Crippen LogP contribution in [-0.2, 0) is 13.0 Å². The first-order valence-electron chi connectivity index (χ1n) is 8.15. The second kappa shape index (κ2) is 6.39. The molecule has 0 aliphatic carbocycles. The predicted molar refractivity (Wildman–Crippen MR) is 93.4 cm³/mol. The molecule has 0 unspecified atom stereocenters. The first-order chi connectivity index (χ1) is 12.2. The molecular weight excluding hydrogens is 318 g/mol. The van der Waals surface area contributed by atoms with Gasteiger partial charge in [-0.25, -0.2) is 14.3 Å². The van der Waals surface area contributed by atoms with Crippen molar-refractivity contribution in [3.63, 3.8) is 0 Å². The van der Waals surface area contributed by atoms with Gasteiger partial charge in [-0.1, -0.05) is 12.2 Å². The molecule has 0 radical (unpaired) electrons. The SMILES string of the molecule is COc1cc(Nc2nc3n(n2)CC=CCC3)ccc1-n1cnc(C)n1. The highest BCUT2D eigenvalue weighted by Gasteiger charge is 2.12. The van der Waals surface area contributed by atoms with Crippen LogP contribution in [0, 0.1) is 6.92 Å². The number of nitrogens with one attached hydrogen (secondary N) is 1. The number of ether oxygens (including phenoxy) is 1. The van der Waals surface area contributed by atoms with E-state index in [9.17, 15) is 0 Å². The first-order valence-corrected chi connectivity index (χ1v) is 8.15. The number of aromatic nitrogens is 6. The summed E-state index contributed by atoms with van der Waals surface area (Å²) in [5.41, 5.74) is 1.68. The summed E-state index contributed by atoms with van der Waals surface area (Å²) in [6.45, 7) is 2.61. The number of benzene rings is 1. The van der Waals surface area contributed by atoms with Crippen LogP contribution >= 0.6 is 0 Å². The van der Waals surface area contributed by atoms with E-state index in [0.29, 0.717) is 17.5 Å². The Morgan fingerprint density at radius 1 is 1.20 bits per heavy atom. The number of nitrogens with zero attached hydrogens (tertiary/aromatic N) is 6. The van der Waals surface area contributed by atoms with Crippen LogP contribution in [-0.4, -0.2) is 36.6 Å². The first kappa shape index (κ1) is 15.4. The molecule has 3 aromatic rings. The van der Waals surface area contributed by atoms with Crippen LogP contribution in [0.2, 0.25) is 0 Å². The highest BCUT2D eigenvalue weighted by atomic mass is 16.5. The minimum absolute atomic E-state index is 0.594. The van der Waals surface area contributed by atoms with Gasteiger partial charge in [0.05, 0.1) is 13.7 Å². The van der Waals surface area contributed by atoms with Crippen LogP contribution in [0.25, 0.3) is 5.69 Å². The molecule has 1 N–H and O–H groups in total. The summed E-state index contributed by atoms with van der Waals surface area (Å²) in [7, 11) is 1.63. The zero-order valence-electron chi connectivity index (χ0n) is 14.2. The van der Waals surface area contributed by atoms with E-state index in [1.165, 1.54) is 0 Å². The fourth-order valence-corrected chi connectivity index (χ4v) is 2.80. The quantitative estimate of drug-likeness (QED) is 0.736. The van der Waals surface area contributed by atoms with Gasteiger partial charge >= 0.3 is 0 Å². The minimum Gasteiger partial charge on any atom is -0.494 e. The van der Waals surface area contributed by atoms with Crippen LogP contribution < -0.4 is 10.1 Å². The maximum atomic E-state index is 5.50. The third kappa shape index (κ3) is 3.10. The monoisotopic (exact) mass is 337 g/mol. The zero-order valence-corrected chi connectivity index (χ0v) is 14.2. The highest BCUT2D eigenvalue weighted by Crippen LogP contribution is 2.27. The molecule has 0 amide bonds. The summed E-state index contributed by atoms with van der Waals surface area (Å²) < 4.78 is 9.12.